The first-order valence-corrected chi connectivity index (χ1v) is 22.7. The van der Waals surface area contributed by atoms with Crippen LogP contribution < -0.4 is 21.3 Å². The van der Waals surface area contributed by atoms with Crippen molar-refractivity contribution in [2.24, 2.45) is 23.7 Å². The monoisotopic (exact) mass is 861 g/mol. The number of hydrogen-bond donors (Lipinski definition) is 4. The highest BCUT2D eigenvalue weighted by molar-refractivity contribution is 6.22. The number of fused-ring (bicyclic) bond motifs is 1. The minimum Gasteiger partial charge on any atom is -0.462 e. The summed E-state index contributed by atoms with van der Waals surface area (Å²) in [5.74, 6) is -2.71. The van der Waals surface area contributed by atoms with Gasteiger partial charge in [-0.1, -0.05) is 0 Å². The zero-order chi connectivity index (χ0) is 46.2. The van der Waals surface area contributed by atoms with E-state index in [4.69, 9.17) is 18.9 Å². The Balaban J connectivity index is 1.43. The molecule has 4 heterocycles. The Hall–Kier alpha value is -3.58. The van der Waals surface area contributed by atoms with Crippen LogP contribution in [0, 0.1) is 23.7 Å². The van der Waals surface area contributed by atoms with Gasteiger partial charge in [-0.2, -0.15) is 0 Å². The molecule has 4 saturated heterocycles. The zero-order valence-electron chi connectivity index (χ0n) is 40.5. The molecule has 0 aliphatic carbocycles. The first-order valence-electron chi connectivity index (χ1n) is 22.7. The molecule has 0 bridgehead atoms. The summed E-state index contributed by atoms with van der Waals surface area (Å²) in [4.78, 5) is 57.9. The summed E-state index contributed by atoms with van der Waals surface area (Å²) in [5, 5.41) is 14.7. The molecule has 12 heteroatoms. The number of nitrogens with one attached hydrogen (secondary N) is 4. The first-order chi connectivity index (χ1) is 28.2. The number of carbonyl (C=O) groups excluding carboxylic acids is 4. The lowest BCUT2D eigenvalue weighted by molar-refractivity contribution is 0.0379. The smallest absolute Gasteiger partial charge is 0.338 e. The molecule has 4 aliphatic heterocycles. The lowest BCUT2D eigenvalue weighted by atomic mass is 9.87. The highest BCUT2D eigenvalue weighted by Crippen LogP contribution is 2.41. The highest BCUT2D eigenvalue weighted by atomic mass is 16.5. The van der Waals surface area contributed by atoms with Gasteiger partial charge < -0.3 is 40.2 Å². The first kappa shape index (κ1) is 47.9. The van der Waals surface area contributed by atoms with Crippen LogP contribution in [0.4, 0.5) is 0 Å². The van der Waals surface area contributed by atoms with Gasteiger partial charge >= 0.3 is 23.9 Å². The summed E-state index contributed by atoms with van der Waals surface area (Å²) < 4.78 is 24.4. The number of esters is 4. The summed E-state index contributed by atoms with van der Waals surface area (Å²) in [6.45, 7) is 34.3. The van der Waals surface area contributed by atoms with E-state index in [0.717, 1.165) is 25.7 Å². The van der Waals surface area contributed by atoms with E-state index >= 15 is 0 Å². The van der Waals surface area contributed by atoms with E-state index in [1.165, 1.54) is 24.3 Å². The van der Waals surface area contributed by atoms with Crippen LogP contribution in [0.2, 0.25) is 0 Å². The summed E-state index contributed by atoms with van der Waals surface area (Å²) >= 11 is 0. The van der Waals surface area contributed by atoms with Crippen LogP contribution in [0.25, 0.3) is 10.8 Å². The number of carbonyl (C=O) groups is 4. The molecule has 6 rings (SSSR count). The second-order valence-corrected chi connectivity index (χ2v) is 24.0. The molecule has 62 heavy (non-hydrogen) atoms. The van der Waals surface area contributed by atoms with E-state index in [9.17, 15) is 19.2 Å². The maximum absolute atomic E-state index is 14.5. The molecule has 0 saturated carbocycles. The minimum absolute atomic E-state index is 0.00294. The highest BCUT2D eigenvalue weighted by Gasteiger charge is 2.48. The van der Waals surface area contributed by atoms with Crippen molar-refractivity contribution >= 4 is 34.6 Å². The molecule has 0 radical (unpaired) electrons. The van der Waals surface area contributed by atoms with Crippen LogP contribution >= 0.6 is 0 Å². The topological polar surface area (TPSA) is 153 Å². The molecule has 4 aliphatic rings. The van der Waals surface area contributed by atoms with Crippen LogP contribution in [0.15, 0.2) is 24.3 Å². The summed E-state index contributed by atoms with van der Waals surface area (Å²) in [6.07, 6.45) is 3.13. The molecular formula is C50H76N4O8. The Bertz CT molecular complexity index is 1810. The quantitative estimate of drug-likeness (QED) is 0.120. The van der Waals surface area contributed by atoms with Gasteiger partial charge in [0.2, 0.25) is 0 Å². The van der Waals surface area contributed by atoms with E-state index in [0.29, 0.717) is 0 Å². The van der Waals surface area contributed by atoms with Crippen molar-refractivity contribution in [3.8, 4) is 0 Å². The van der Waals surface area contributed by atoms with E-state index < -0.39 is 23.9 Å². The van der Waals surface area contributed by atoms with Gasteiger partial charge in [-0.25, -0.2) is 19.2 Å². The van der Waals surface area contributed by atoms with E-state index in [1.807, 2.05) is 0 Å². The molecular weight excluding hydrogens is 785 g/mol. The van der Waals surface area contributed by atoms with Crippen LogP contribution in [0.1, 0.15) is 178 Å². The number of hydrogen-bond acceptors (Lipinski definition) is 12. The Kier molecular flexibility index (Phi) is 12.5. The molecule has 12 nitrogen and oxygen atoms in total. The average Bonchev–Trinajstić information content (AvgIpc) is 3.67. The Labute approximate surface area is 370 Å². The number of rotatable bonds is 12. The summed E-state index contributed by atoms with van der Waals surface area (Å²) in [6, 6.07) is 6.00. The Morgan fingerprint density at radius 3 is 0.710 bits per heavy atom. The fraction of sp³-hybridized carbons (Fsp3) is 0.720. The number of benzene rings is 2. The third kappa shape index (κ3) is 10.2. The van der Waals surface area contributed by atoms with Gasteiger partial charge in [0.05, 0.1) is 48.7 Å². The van der Waals surface area contributed by atoms with Crippen LogP contribution in [-0.4, -0.2) is 94.6 Å². The van der Waals surface area contributed by atoms with E-state index in [2.05, 4.69) is 132 Å². The Morgan fingerprint density at radius 1 is 0.387 bits per heavy atom. The molecule has 0 amide bonds. The van der Waals surface area contributed by atoms with Crippen LogP contribution in [-0.2, 0) is 18.9 Å². The molecule has 4 N–H and O–H groups in total. The lowest BCUT2D eigenvalue weighted by Crippen LogP contribution is -2.46. The molecule has 0 aromatic heterocycles. The third-order valence-electron chi connectivity index (χ3n) is 14.5. The average molecular weight is 861 g/mol. The molecule has 344 valence electrons. The van der Waals surface area contributed by atoms with Gasteiger partial charge in [0.25, 0.3) is 0 Å². The van der Waals surface area contributed by atoms with E-state index in [1.54, 1.807) is 0 Å². The second kappa shape index (κ2) is 16.1. The number of ether oxygens (including phenoxy) is 4. The molecule has 0 spiro atoms. The van der Waals surface area contributed by atoms with E-state index in [-0.39, 0.29) is 127 Å². The maximum atomic E-state index is 14.5. The van der Waals surface area contributed by atoms with Gasteiger partial charge in [0.15, 0.2) is 0 Å². The van der Waals surface area contributed by atoms with Gasteiger partial charge in [-0.3, -0.25) is 0 Å². The standard InChI is InChI=1S/C50H76N4O8/c1-43(2)21-29(47(9,10)51-43)25-59-39(55)33-17-18-35(41(57)61-27-31-23-45(5,6)53-49(31,13)14)38-36(42(58)62-28-32-24-46(7,8)54-50(32,15)16)20-19-34(37(33)38)40(56)60-26-30-22-44(3,4)52-48(30,11)12/h17-20,29-32,51-54H,21-28H2,1-16H3. The van der Waals surface area contributed by atoms with Crippen LogP contribution in [0.3, 0.4) is 0 Å². The van der Waals surface area contributed by atoms with Gasteiger partial charge in [0, 0.05) is 78.8 Å². The molecule has 2 aromatic carbocycles. The van der Waals surface area contributed by atoms with Crippen molar-refractivity contribution in [3.63, 3.8) is 0 Å². The molecule has 4 atom stereocenters. The summed E-state index contributed by atoms with van der Waals surface area (Å²) in [5.41, 5.74) is -1.69. The fourth-order valence-corrected chi connectivity index (χ4v) is 11.8. The molecule has 2 aromatic rings. The largest absolute Gasteiger partial charge is 0.462 e. The third-order valence-corrected chi connectivity index (χ3v) is 14.5. The summed E-state index contributed by atoms with van der Waals surface area (Å²) in [7, 11) is 0. The minimum atomic E-state index is -0.681. The van der Waals surface area contributed by atoms with Gasteiger partial charge in [-0.05, 0) is 161 Å². The van der Waals surface area contributed by atoms with Crippen molar-refractivity contribution in [3.05, 3.63) is 46.5 Å². The normalized spacial score (nSPS) is 28.1. The maximum Gasteiger partial charge on any atom is 0.338 e. The predicted octanol–water partition coefficient (Wildman–Crippen LogP) is 8.13. The second-order valence-electron chi connectivity index (χ2n) is 24.0. The van der Waals surface area contributed by atoms with Crippen LogP contribution in [0.5, 0.6) is 0 Å². The van der Waals surface area contributed by atoms with Gasteiger partial charge in [0.1, 0.15) is 0 Å². The van der Waals surface area contributed by atoms with Crippen molar-refractivity contribution in [1.29, 1.82) is 0 Å². The SMILES string of the molecule is CC1(C)CC(COC(=O)c2ccc(C(=O)OCC3CC(C)(C)NC3(C)C)c3c(C(=O)OCC4CC(C)(C)NC4(C)C)ccc(C(=O)OCC4CC(C)(C)NC4(C)C)c23)C(C)(C)N1. The fourth-order valence-electron chi connectivity index (χ4n) is 11.8. The van der Waals surface area contributed by atoms with Gasteiger partial charge in [-0.15, -0.1) is 0 Å². The van der Waals surface area contributed by atoms with Crippen molar-refractivity contribution in [2.75, 3.05) is 26.4 Å². The molecule has 4 unspecified atom stereocenters. The Morgan fingerprint density at radius 2 is 0.565 bits per heavy atom. The predicted molar refractivity (Wildman–Crippen MR) is 243 cm³/mol. The lowest BCUT2D eigenvalue weighted by Gasteiger charge is -2.29. The zero-order valence-corrected chi connectivity index (χ0v) is 40.5. The van der Waals surface area contributed by atoms with Crippen molar-refractivity contribution in [1.82, 2.24) is 21.3 Å². The van der Waals surface area contributed by atoms with Crippen molar-refractivity contribution < 1.29 is 38.1 Å². The molecule has 4 fully saturated rings. The van der Waals surface area contributed by atoms with Crippen molar-refractivity contribution in [2.45, 2.75) is 181 Å².